The van der Waals surface area contributed by atoms with Crippen molar-refractivity contribution in [2.45, 2.75) is 30.4 Å². The number of aromatic nitrogens is 1. The number of carbonyl (C=O) groups excluding carboxylic acids is 1. The van der Waals surface area contributed by atoms with Crippen LogP contribution in [0.1, 0.15) is 22.4 Å². The summed E-state index contributed by atoms with van der Waals surface area (Å²) in [7, 11) is 0. The molecule has 0 bridgehead atoms. The molecular weight excluding hydrogens is 392 g/mol. The predicted octanol–water partition coefficient (Wildman–Crippen LogP) is 4.96. The molecule has 0 fully saturated rings. The Balaban J connectivity index is 1.32. The molecule has 3 aromatic rings. The summed E-state index contributed by atoms with van der Waals surface area (Å²) in [6.45, 7) is 4.45. The topological polar surface area (TPSA) is 60.5 Å². The van der Waals surface area contributed by atoms with Gasteiger partial charge in [-0.3, -0.25) is 4.79 Å². The summed E-state index contributed by atoms with van der Waals surface area (Å²) in [4.78, 5) is 16.9. The number of amides is 1. The molecule has 1 aliphatic rings. The first kappa shape index (κ1) is 18.8. The fraction of sp³-hybridized carbons (Fsp3) is 0.238. The molecule has 1 aliphatic heterocycles. The Morgan fingerprint density at radius 3 is 2.93 bits per heavy atom. The molecule has 0 radical (unpaired) electrons. The van der Waals surface area contributed by atoms with Crippen LogP contribution in [-0.4, -0.2) is 17.7 Å². The number of nitrogens with one attached hydrogen (secondary N) is 1. The number of fused-ring (bicyclic) bond motifs is 1. The Kier molecular flexibility index (Phi) is 5.54. The molecule has 1 aromatic heterocycles. The molecule has 4 rings (SSSR count). The summed E-state index contributed by atoms with van der Waals surface area (Å²) < 4.78 is 11.6. The van der Waals surface area contributed by atoms with E-state index in [9.17, 15) is 4.79 Å². The van der Waals surface area contributed by atoms with Crippen LogP contribution in [0.5, 0.6) is 11.5 Å². The van der Waals surface area contributed by atoms with E-state index in [1.165, 1.54) is 16.7 Å². The van der Waals surface area contributed by atoms with Crippen LogP contribution in [0.2, 0.25) is 0 Å². The van der Waals surface area contributed by atoms with Crippen LogP contribution in [0.15, 0.2) is 46.1 Å². The van der Waals surface area contributed by atoms with Crippen LogP contribution in [0.25, 0.3) is 0 Å². The lowest BCUT2D eigenvalue weighted by atomic mass is 10.1. The van der Waals surface area contributed by atoms with Crippen molar-refractivity contribution in [2.75, 3.05) is 12.1 Å². The third-order valence-electron chi connectivity index (χ3n) is 4.38. The maximum Gasteiger partial charge on any atom is 0.231 e. The van der Waals surface area contributed by atoms with E-state index in [1.54, 1.807) is 41.3 Å². The first-order valence-electron chi connectivity index (χ1n) is 8.89. The van der Waals surface area contributed by atoms with Gasteiger partial charge >= 0.3 is 0 Å². The number of carbonyl (C=O) groups is 1. The van der Waals surface area contributed by atoms with Crippen molar-refractivity contribution in [3.05, 3.63) is 64.2 Å². The lowest BCUT2D eigenvalue weighted by molar-refractivity contribution is -0.115. The van der Waals surface area contributed by atoms with Crippen molar-refractivity contribution in [1.82, 2.24) is 4.98 Å². The Hall–Kier alpha value is -2.51. The first-order valence-corrected chi connectivity index (χ1v) is 10.8. The number of benzene rings is 2. The Morgan fingerprint density at radius 1 is 1.18 bits per heavy atom. The normalized spacial score (nSPS) is 12.2. The standard InChI is InChI=1S/C21H20N2O3S2/c1-13-3-4-14(2)15(7-13)10-27-21-23-17(11-28-21)9-20(24)22-16-5-6-18-19(8-16)26-12-25-18/h3-8,11H,9-10,12H2,1-2H3,(H,22,24). The molecule has 0 atom stereocenters. The summed E-state index contributed by atoms with van der Waals surface area (Å²) in [6, 6.07) is 11.9. The van der Waals surface area contributed by atoms with Gasteiger partial charge in [-0.1, -0.05) is 35.5 Å². The summed E-state index contributed by atoms with van der Waals surface area (Å²) in [6.07, 6.45) is 0.245. The second kappa shape index (κ2) is 8.24. The van der Waals surface area contributed by atoms with Gasteiger partial charge in [0.2, 0.25) is 12.7 Å². The Bertz CT molecular complexity index is 1020. The number of anilines is 1. The number of hydrogen-bond acceptors (Lipinski definition) is 6. The summed E-state index contributed by atoms with van der Waals surface area (Å²) in [5.41, 5.74) is 5.35. The number of rotatable bonds is 6. The first-order chi connectivity index (χ1) is 13.6. The highest BCUT2D eigenvalue weighted by molar-refractivity contribution is 8.00. The fourth-order valence-electron chi connectivity index (χ4n) is 2.88. The van der Waals surface area contributed by atoms with Gasteiger partial charge in [-0.2, -0.15) is 0 Å². The van der Waals surface area contributed by atoms with Crippen LogP contribution in [0.3, 0.4) is 0 Å². The molecule has 0 saturated heterocycles. The van der Waals surface area contributed by atoms with E-state index in [1.807, 2.05) is 5.38 Å². The van der Waals surface area contributed by atoms with Gasteiger partial charge in [-0.05, 0) is 37.1 Å². The van der Waals surface area contributed by atoms with Gasteiger partial charge in [-0.25, -0.2) is 4.98 Å². The molecule has 2 heterocycles. The molecule has 5 nitrogen and oxygen atoms in total. The van der Waals surface area contributed by atoms with E-state index < -0.39 is 0 Å². The molecule has 2 aromatic carbocycles. The average Bonchev–Trinajstić information content (AvgIpc) is 3.31. The molecule has 0 spiro atoms. The number of aryl methyl sites for hydroxylation is 2. The summed E-state index contributed by atoms with van der Waals surface area (Å²) >= 11 is 3.29. The number of hydrogen-bond donors (Lipinski definition) is 1. The van der Waals surface area contributed by atoms with Crippen LogP contribution < -0.4 is 14.8 Å². The molecular formula is C21H20N2O3S2. The minimum Gasteiger partial charge on any atom is -0.454 e. The average molecular weight is 413 g/mol. The highest BCUT2D eigenvalue weighted by atomic mass is 32.2. The van der Waals surface area contributed by atoms with Crippen LogP contribution in [-0.2, 0) is 17.0 Å². The minimum atomic E-state index is -0.102. The van der Waals surface area contributed by atoms with E-state index in [4.69, 9.17) is 9.47 Å². The highest BCUT2D eigenvalue weighted by Gasteiger charge is 2.15. The lowest BCUT2D eigenvalue weighted by Crippen LogP contribution is -2.14. The number of thiazole rings is 1. The van der Waals surface area contributed by atoms with Crippen molar-refractivity contribution < 1.29 is 14.3 Å². The smallest absolute Gasteiger partial charge is 0.231 e. The van der Waals surface area contributed by atoms with Gasteiger partial charge in [0.05, 0.1) is 12.1 Å². The zero-order valence-electron chi connectivity index (χ0n) is 15.7. The third kappa shape index (κ3) is 4.48. The Morgan fingerprint density at radius 2 is 2.04 bits per heavy atom. The molecule has 0 saturated carbocycles. The van der Waals surface area contributed by atoms with Gasteiger partial charge in [0.1, 0.15) is 4.34 Å². The van der Waals surface area contributed by atoms with Crippen molar-refractivity contribution in [3.8, 4) is 11.5 Å². The van der Waals surface area contributed by atoms with Crippen molar-refractivity contribution in [3.63, 3.8) is 0 Å². The Labute approximate surface area is 172 Å². The van der Waals surface area contributed by atoms with Crippen molar-refractivity contribution >= 4 is 34.7 Å². The van der Waals surface area contributed by atoms with E-state index in [0.29, 0.717) is 17.2 Å². The molecule has 1 amide bonds. The summed E-state index contributed by atoms with van der Waals surface area (Å²) in [5, 5.41) is 4.83. The SMILES string of the molecule is Cc1ccc(C)c(CSc2nc(CC(=O)Nc3ccc4c(c3)OCO4)cs2)c1. The lowest BCUT2D eigenvalue weighted by Gasteiger charge is -2.06. The van der Waals surface area contributed by atoms with Crippen LogP contribution in [0, 0.1) is 13.8 Å². The number of nitrogens with zero attached hydrogens (tertiary/aromatic N) is 1. The second-order valence-corrected chi connectivity index (χ2v) is 8.70. The van der Waals surface area contributed by atoms with E-state index in [0.717, 1.165) is 15.8 Å². The molecule has 144 valence electrons. The van der Waals surface area contributed by atoms with Crippen LogP contribution >= 0.6 is 23.1 Å². The largest absolute Gasteiger partial charge is 0.454 e. The number of ether oxygens (including phenoxy) is 2. The van der Waals surface area contributed by atoms with Gasteiger partial charge in [0.15, 0.2) is 11.5 Å². The molecule has 0 aliphatic carbocycles. The molecule has 0 unspecified atom stereocenters. The highest BCUT2D eigenvalue weighted by Crippen LogP contribution is 2.34. The van der Waals surface area contributed by atoms with E-state index >= 15 is 0 Å². The second-order valence-electron chi connectivity index (χ2n) is 6.62. The maximum atomic E-state index is 12.3. The quantitative estimate of drug-likeness (QED) is 0.580. The molecule has 28 heavy (non-hydrogen) atoms. The number of thioether (sulfide) groups is 1. The van der Waals surface area contributed by atoms with E-state index in [-0.39, 0.29) is 19.1 Å². The third-order valence-corrected chi connectivity index (χ3v) is 6.50. The zero-order valence-corrected chi connectivity index (χ0v) is 17.3. The van der Waals surface area contributed by atoms with Gasteiger partial charge in [0, 0.05) is 22.9 Å². The maximum absolute atomic E-state index is 12.3. The van der Waals surface area contributed by atoms with Crippen molar-refractivity contribution in [2.24, 2.45) is 0 Å². The van der Waals surface area contributed by atoms with Crippen LogP contribution in [0.4, 0.5) is 5.69 Å². The van der Waals surface area contributed by atoms with Gasteiger partial charge in [0.25, 0.3) is 0 Å². The molecule has 1 N–H and O–H groups in total. The molecule has 7 heteroatoms. The minimum absolute atomic E-state index is 0.102. The van der Waals surface area contributed by atoms with Gasteiger partial charge < -0.3 is 14.8 Å². The fourth-order valence-corrected chi connectivity index (χ4v) is 4.78. The predicted molar refractivity (Wildman–Crippen MR) is 112 cm³/mol. The van der Waals surface area contributed by atoms with Gasteiger partial charge in [-0.15, -0.1) is 11.3 Å². The van der Waals surface area contributed by atoms with Crippen molar-refractivity contribution in [1.29, 1.82) is 0 Å². The monoisotopic (exact) mass is 412 g/mol. The summed E-state index contributed by atoms with van der Waals surface area (Å²) in [5.74, 6) is 2.12. The van der Waals surface area contributed by atoms with E-state index in [2.05, 4.69) is 42.3 Å². The zero-order chi connectivity index (χ0) is 19.5.